The van der Waals surface area contributed by atoms with Crippen LogP contribution in [0.2, 0.25) is 0 Å². The molecule has 1 spiro atoms. The van der Waals surface area contributed by atoms with Gasteiger partial charge in [-0.3, -0.25) is 0 Å². The average molecular weight is 256 g/mol. The van der Waals surface area contributed by atoms with E-state index in [1.165, 1.54) is 7.11 Å². The summed E-state index contributed by atoms with van der Waals surface area (Å²) in [5.74, 6) is -1.20. The maximum Gasteiger partial charge on any atom is 0.337 e. The SMILES string of the molecule is COC(=O)C1=C(O)CCC2(C1)OCC(C)(C)CO2. The maximum absolute atomic E-state index is 11.6. The molecule has 0 saturated carbocycles. The normalized spacial score (nSPS) is 26.2. The fourth-order valence-electron chi connectivity index (χ4n) is 2.22. The molecular weight excluding hydrogens is 236 g/mol. The van der Waals surface area contributed by atoms with Crippen LogP contribution < -0.4 is 0 Å². The van der Waals surface area contributed by atoms with E-state index < -0.39 is 11.8 Å². The molecule has 0 atom stereocenters. The lowest BCUT2D eigenvalue weighted by atomic mass is 9.88. The first-order valence-corrected chi connectivity index (χ1v) is 6.15. The van der Waals surface area contributed by atoms with Crippen molar-refractivity contribution in [2.45, 2.75) is 38.9 Å². The second-order valence-corrected chi connectivity index (χ2v) is 5.75. The van der Waals surface area contributed by atoms with E-state index in [1.807, 2.05) is 0 Å². The Morgan fingerprint density at radius 1 is 1.33 bits per heavy atom. The van der Waals surface area contributed by atoms with E-state index in [4.69, 9.17) is 9.47 Å². The quantitative estimate of drug-likeness (QED) is 0.726. The Morgan fingerprint density at radius 2 is 1.94 bits per heavy atom. The predicted molar refractivity (Wildman–Crippen MR) is 63.9 cm³/mol. The van der Waals surface area contributed by atoms with E-state index in [0.29, 0.717) is 26.1 Å². The number of hydrogen-bond acceptors (Lipinski definition) is 5. The molecule has 5 nitrogen and oxygen atoms in total. The van der Waals surface area contributed by atoms with Crippen LogP contribution in [0.3, 0.4) is 0 Å². The third-order valence-electron chi connectivity index (χ3n) is 3.42. The fraction of sp³-hybridized carbons (Fsp3) is 0.769. The lowest BCUT2D eigenvalue weighted by Crippen LogP contribution is -2.49. The molecule has 102 valence electrons. The summed E-state index contributed by atoms with van der Waals surface area (Å²) in [6.45, 7) is 5.30. The number of ether oxygens (including phenoxy) is 3. The Kier molecular flexibility index (Phi) is 3.38. The third kappa shape index (κ3) is 2.52. The first-order chi connectivity index (χ1) is 8.37. The van der Waals surface area contributed by atoms with Crippen molar-refractivity contribution in [1.29, 1.82) is 0 Å². The zero-order valence-electron chi connectivity index (χ0n) is 11.1. The standard InChI is InChI=1S/C13H20O5/c1-12(2)7-17-13(18-8-12)5-4-10(14)9(6-13)11(15)16-3/h14H,4-8H2,1-3H3. The van der Waals surface area contributed by atoms with Gasteiger partial charge >= 0.3 is 5.97 Å². The molecule has 0 aromatic heterocycles. The molecule has 0 aromatic carbocycles. The van der Waals surface area contributed by atoms with Gasteiger partial charge in [0.1, 0.15) is 5.76 Å². The van der Waals surface area contributed by atoms with Gasteiger partial charge in [0.05, 0.1) is 25.9 Å². The predicted octanol–water partition coefficient (Wildman–Crippen LogP) is 1.92. The second-order valence-electron chi connectivity index (χ2n) is 5.75. The van der Waals surface area contributed by atoms with E-state index in [-0.39, 0.29) is 23.2 Å². The van der Waals surface area contributed by atoms with E-state index in [0.717, 1.165) is 0 Å². The number of rotatable bonds is 1. The smallest absolute Gasteiger partial charge is 0.337 e. The zero-order chi connectivity index (χ0) is 13.4. The van der Waals surface area contributed by atoms with Crippen molar-refractivity contribution in [2.24, 2.45) is 5.41 Å². The van der Waals surface area contributed by atoms with Gasteiger partial charge in [0, 0.05) is 24.7 Å². The van der Waals surface area contributed by atoms with Crippen molar-refractivity contribution in [1.82, 2.24) is 0 Å². The van der Waals surface area contributed by atoms with Crippen molar-refractivity contribution in [3.05, 3.63) is 11.3 Å². The lowest BCUT2D eigenvalue weighted by Gasteiger charge is -2.45. The number of aliphatic hydroxyl groups is 1. The first-order valence-electron chi connectivity index (χ1n) is 6.15. The van der Waals surface area contributed by atoms with Gasteiger partial charge in [0.15, 0.2) is 5.79 Å². The molecule has 5 heteroatoms. The highest BCUT2D eigenvalue weighted by Crippen LogP contribution is 2.41. The molecular formula is C13H20O5. The van der Waals surface area contributed by atoms with Crippen LogP contribution in [0.15, 0.2) is 11.3 Å². The van der Waals surface area contributed by atoms with Crippen molar-refractivity contribution in [2.75, 3.05) is 20.3 Å². The Labute approximate surface area is 107 Å². The number of allylic oxidation sites excluding steroid dienone is 1. The molecule has 0 radical (unpaired) electrons. The van der Waals surface area contributed by atoms with Crippen LogP contribution >= 0.6 is 0 Å². The molecule has 1 saturated heterocycles. The molecule has 18 heavy (non-hydrogen) atoms. The van der Waals surface area contributed by atoms with Crippen LogP contribution in [-0.4, -0.2) is 37.2 Å². The number of carbonyl (C=O) groups is 1. The van der Waals surface area contributed by atoms with Crippen LogP contribution in [0.1, 0.15) is 33.1 Å². The summed E-state index contributed by atoms with van der Waals surface area (Å²) in [5, 5.41) is 9.75. The molecule has 1 aliphatic heterocycles. The average Bonchev–Trinajstić information content (AvgIpc) is 2.35. The van der Waals surface area contributed by atoms with Crippen molar-refractivity contribution in [3.63, 3.8) is 0 Å². The van der Waals surface area contributed by atoms with Gasteiger partial charge < -0.3 is 19.3 Å². The summed E-state index contributed by atoms with van der Waals surface area (Å²) in [6, 6.07) is 0. The minimum absolute atomic E-state index is 0.0140. The number of aliphatic hydroxyl groups excluding tert-OH is 1. The van der Waals surface area contributed by atoms with E-state index in [9.17, 15) is 9.90 Å². The number of carbonyl (C=O) groups excluding carboxylic acids is 1. The van der Waals surface area contributed by atoms with Gasteiger partial charge in [0.25, 0.3) is 0 Å². The number of hydrogen-bond donors (Lipinski definition) is 1. The molecule has 0 unspecified atom stereocenters. The summed E-state index contributed by atoms with van der Waals surface area (Å²) in [7, 11) is 1.30. The highest BCUT2D eigenvalue weighted by atomic mass is 16.7. The van der Waals surface area contributed by atoms with Crippen LogP contribution in [0.5, 0.6) is 0 Å². The van der Waals surface area contributed by atoms with Crippen molar-refractivity contribution >= 4 is 5.97 Å². The van der Waals surface area contributed by atoms with E-state index >= 15 is 0 Å². The summed E-state index contributed by atoms with van der Waals surface area (Å²) in [4.78, 5) is 11.6. The number of methoxy groups -OCH3 is 1. The molecule has 0 bridgehead atoms. The molecule has 1 heterocycles. The van der Waals surface area contributed by atoms with Crippen LogP contribution in [0.4, 0.5) is 0 Å². The number of esters is 1. The molecule has 1 aliphatic carbocycles. The van der Waals surface area contributed by atoms with Crippen molar-refractivity contribution in [3.8, 4) is 0 Å². The first kappa shape index (κ1) is 13.4. The summed E-state index contributed by atoms with van der Waals surface area (Å²) in [5.41, 5.74) is 0.253. The minimum Gasteiger partial charge on any atom is -0.512 e. The molecule has 1 fully saturated rings. The molecule has 2 rings (SSSR count). The van der Waals surface area contributed by atoms with E-state index in [2.05, 4.69) is 18.6 Å². The summed E-state index contributed by atoms with van der Waals surface area (Å²) >= 11 is 0. The minimum atomic E-state index is -0.773. The Hall–Kier alpha value is -1.07. The van der Waals surface area contributed by atoms with Crippen LogP contribution in [0.25, 0.3) is 0 Å². The third-order valence-corrected chi connectivity index (χ3v) is 3.42. The van der Waals surface area contributed by atoms with Gasteiger partial charge in [-0.05, 0) is 0 Å². The highest BCUT2D eigenvalue weighted by Gasteiger charge is 2.45. The van der Waals surface area contributed by atoms with Crippen molar-refractivity contribution < 1.29 is 24.1 Å². The molecule has 0 amide bonds. The zero-order valence-corrected chi connectivity index (χ0v) is 11.1. The Morgan fingerprint density at radius 3 is 2.50 bits per heavy atom. The lowest BCUT2D eigenvalue weighted by molar-refractivity contribution is -0.303. The molecule has 1 N–H and O–H groups in total. The monoisotopic (exact) mass is 256 g/mol. The van der Waals surface area contributed by atoms with Gasteiger partial charge in [-0.1, -0.05) is 13.8 Å². The summed E-state index contributed by atoms with van der Waals surface area (Å²) in [6.07, 6.45) is 1.20. The van der Waals surface area contributed by atoms with Gasteiger partial charge in [-0.15, -0.1) is 0 Å². The maximum atomic E-state index is 11.6. The Bertz CT molecular complexity index is 373. The van der Waals surface area contributed by atoms with Gasteiger partial charge in [-0.25, -0.2) is 4.79 Å². The van der Waals surface area contributed by atoms with E-state index in [1.54, 1.807) is 0 Å². The largest absolute Gasteiger partial charge is 0.512 e. The van der Waals surface area contributed by atoms with Crippen LogP contribution in [-0.2, 0) is 19.0 Å². The molecule has 2 aliphatic rings. The Balaban J connectivity index is 2.13. The highest BCUT2D eigenvalue weighted by molar-refractivity contribution is 5.89. The van der Waals surface area contributed by atoms with Gasteiger partial charge in [0.2, 0.25) is 0 Å². The fourth-order valence-corrected chi connectivity index (χ4v) is 2.22. The van der Waals surface area contributed by atoms with Gasteiger partial charge in [-0.2, -0.15) is 0 Å². The topological polar surface area (TPSA) is 65.0 Å². The van der Waals surface area contributed by atoms with Crippen LogP contribution in [0, 0.1) is 5.41 Å². The second kappa shape index (κ2) is 4.55. The summed E-state index contributed by atoms with van der Waals surface area (Å²) < 4.78 is 16.3. The molecule has 0 aromatic rings.